The van der Waals surface area contributed by atoms with Gasteiger partial charge in [0.15, 0.2) is 0 Å². The third-order valence-electron chi connectivity index (χ3n) is 7.42. The molecule has 0 radical (unpaired) electrons. The first-order chi connectivity index (χ1) is 20.6. The van der Waals surface area contributed by atoms with Crippen LogP contribution in [0.25, 0.3) is 32.2 Å². The fraction of sp³-hybridized carbons (Fsp3) is 0.273. The Morgan fingerprint density at radius 2 is 1.70 bits per heavy atom. The highest BCUT2D eigenvalue weighted by Gasteiger charge is 2.29. The monoisotopic (exact) mass is 597 g/mol. The summed E-state index contributed by atoms with van der Waals surface area (Å²) in [6.45, 7) is 8.70. The topological polar surface area (TPSA) is 87.7 Å². The predicted octanol–water partition coefficient (Wildman–Crippen LogP) is 7.40. The minimum atomic E-state index is -0.587. The first-order valence-corrected chi connectivity index (χ1v) is 15.0. The number of nitrogens with one attached hydrogen (secondary N) is 1. The Labute approximate surface area is 253 Å². The molecule has 1 aliphatic rings. The lowest BCUT2D eigenvalue weighted by molar-refractivity contribution is 0.0140. The number of hydrogen-bond donors (Lipinski definition) is 1. The summed E-state index contributed by atoms with van der Waals surface area (Å²) in [6.07, 6.45) is 1.35. The molecular weight excluding hydrogens is 565 g/mol. The van der Waals surface area contributed by atoms with Crippen molar-refractivity contribution in [2.24, 2.45) is 0 Å². The summed E-state index contributed by atoms with van der Waals surface area (Å²) in [5, 5.41) is 4.31. The second kappa shape index (κ2) is 11.3. The van der Waals surface area contributed by atoms with Crippen molar-refractivity contribution in [1.29, 1.82) is 0 Å². The van der Waals surface area contributed by atoms with Crippen LogP contribution >= 0.6 is 11.3 Å². The summed E-state index contributed by atoms with van der Waals surface area (Å²) in [4.78, 5) is 37.9. The number of thiazole rings is 1. The predicted molar refractivity (Wildman–Crippen MR) is 168 cm³/mol. The molecule has 2 amide bonds. The molecule has 1 saturated heterocycles. The number of fused-ring (bicyclic) bond motifs is 2. The van der Waals surface area contributed by atoms with Crippen molar-refractivity contribution < 1.29 is 18.7 Å². The van der Waals surface area contributed by atoms with E-state index in [2.05, 4.69) is 15.3 Å². The summed E-state index contributed by atoms with van der Waals surface area (Å²) in [5.74, 6) is -0.730. The van der Waals surface area contributed by atoms with Crippen LogP contribution in [-0.4, -0.2) is 63.5 Å². The van der Waals surface area contributed by atoms with E-state index in [9.17, 15) is 9.59 Å². The van der Waals surface area contributed by atoms with Gasteiger partial charge in [0.25, 0.3) is 5.91 Å². The molecule has 43 heavy (non-hydrogen) atoms. The Balaban J connectivity index is 1.22. The van der Waals surface area contributed by atoms with Crippen LogP contribution in [-0.2, 0) is 4.74 Å². The van der Waals surface area contributed by atoms with Crippen LogP contribution in [0.1, 0.15) is 36.7 Å². The smallest absolute Gasteiger partial charge is 0.410 e. The van der Waals surface area contributed by atoms with Gasteiger partial charge in [-0.2, -0.15) is 0 Å². The van der Waals surface area contributed by atoms with Crippen LogP contribution in [0.5, 0.6) is 0 Å². The number of carbonyl (C=O) groups excluding carboxylic acids is 2. The van der Waals surface area contributed by atoms with E-state index in [1.165, 1.54) is 6.07 Å². The van der Waals surface area contributed by atoms with Gasteiger partial charge in [-0.3, -0.25) is 9.78 Å². The normalized spacial score (nSPS) is 13.9. The number of carbonyl (C=O) groups is 2. The van der Waals surface area contributed by atoms with E-state index in [0.717, 1.165) is 32.5 Å². The molecule has 0 unspecified atom stereocenters. The highest BCUT2D eigenvalue weighted by molar-refractivity contribution is 7.16. The van der Waals surface area contributed by atoms with E-state index in [4.69, 9.17) is 4.74 Å². The maximum atomic E-state index is 15.7. The molecule has 1 N–H and O–H groups in total. The van der Waals surface area contributed by atoms with Crippen LogP contribution in [0.2, 0.25) is 0 Å². The number of rotatable bonds is 4. The van der Waals surface area contributed by atoms with Gasteiger partial charge in [-0.1, -0.05) is 6.07 Å². The molecule has 6 rings (SSSR count). The van der Waals surface area contributed by atoms with E-state index in [-0.39, 0.29) is 5.91 Å². The Kier molecular flexibility index (Phi) is 7.47. The summed E-state index contributed by atoms with van der Waals surface area (Å²) in [5.41, 5.74) is 6.76. The molecule has 8 nitrogen and oxygen atoms in total. The number of aryl methyl sites for hydroxylation is 1. The molecule has 3 aromatic carbocycles. The van der Waals surface area contributed by atoms with Gasteiger partial charge in [-0.25, -0.2) is 14.2 Å². The molecule has 5 aromatic rings. The van der Waals surface area contributed by atoms with E-state index >= 15 is 4.39 Å². The number of ether oxygens (including phenoxy) is 1. The van der Waals surface area contributed by atoms with Crippen molar-refractivity contribution in [3.63, 3.8) is 0 Å². The molecule has 0 aliphatic carbocycles. The van der Waals surface area contributed by atoms with Gasteiger partial charge in [-0.05, 0) is 87.4 Å². The molecule has 0 saturated carbocycles. The highest BCUT2D eigenvalue weighted by Crippen LogP contribution is 2.33. The van der Waals surface area contributed by atoms with Gasteiger partial charge in [-0.15, -0.1) is 11.3 Å². The van der Waals surface area contributed by atoms with Crippen LogP contribution in [0.15, 0.2) is 66.3 Å². The van der Waals surface area contributed by atoms with Gasteiger partial charge in [0.05, 0.1) is 21.2 Å². The van der Waals surface area contributed by atoms with Gasteiger partial charge in [0.2, 0.25) is 0 Å². The molecule has 2 aromatic heterocycles. The second-order valence-corrected chi connectivity index (χ2v) is 12.5. The Bertz CT molecular complexity index is 1860. The second-order valence-electron chi connectivity index (χ2n) is 11.7. The number of nitrogens with zero attached hydrogens (tertiary/aromatic N) is 4. The summed E-state index contributed by atoms with van der Waals surface area (Å²) >= 11 is 1.59. The third-order valence-corrected chi connectivity index (χ3v) is 8.23. The zero-order valence-corrected chi connectivity index (χ0v) is 25.3. The van der Waals surface area contributed by atoms with Gasteiger partial charge >= 0.3 is 6.09 Å². The Morgan fingerprint density at radius 1 is 0.930 bits per heavy atom. The first kappa shape index (κ1) is 28.5. The fourth-order valence-corrected chi connectivity index (χ4v) is 5.89. The molecule has 220 valence electrons. The van der Waals surface area contributed by atoms with Gasteiger partial charge in [0.1, 0.15) is 11.4 Å². The van der Waals surface area contributed by atoms with Crippen molar-refractivity contribution in [2.45, 2.75) is 33.3 Å². The average molecular weight is 598 g/mol. The molecule has 3 heterocycles. The molecule has 0 atom stereocenters. The number of pyridine rings is 1. The number of benzene rings is 3. The largest absolute Gasteiger partial charge is 0.444 e. The number of piperazine rings is 1. The fourth-order valence-electron chi connectivity index (χ4n) is 5.24. The molecule has 0 spiro atoms. The van der Waals surface area contributed by atoms with Crippen molar-refractivity contribution >= 4 is 55.8 Å². The van der Waals surface area contributed by atoms with E-state index in [1.54, 1.807) is 33.4 Å². The highest BCUT2D eigenvalue weighted by atomic mass is 32.1. The summed E-state index contributed by atoms with van der Waals surface area (Å²) in [6, 6.07) is 16.6. The molecular formula is C33H32FN5O3S. The maximum absolute atomic E-state index is 15.7. The van der Waals surface area contributed by atoms with E-state index in [0.29, 0.717) is 48.4 Å². The number of halogens is 1. The lowest BCUT2D eigenvalue weighted by atomic mass is 9.97. The van der Waals surface area contributed by atoms with Gasteiger partial charge in [0, 0.05) is 60.3 Å². The Hall–Kier alpha value is -4.57. The lowest BCUT2D eigenvalue weighted by Gasteiger charge is -2.35. The van der Waals surface area contributed by atoms with Crippen LogP contribution in [0.4, 0.5) is 20.6 Å². The number of amides is 2. The molecule has 1 aliphatic heterocycles. The zero-order chi connectivity index (χ0) is 30.3. The third kappa shape index (κ3) is 6.01. The SMILES string of the molecule is Cc1cc(-c2ccc3nccc(Nc4ccc5scnc5c4)c3c2)c(F)cc1C(=O)N1CCN(C(=O)OC(C)(C)C)CC1. The number of aromatic nitrogens is 2. The molecule has 10 heteroatoms. The minimum absolute atomic E-state index is 0.252. The van der Waals surface area contributed by atoms with Crippen LogP contribution in [0, 0.1) is 12.7 Å². The standard InChI is InChI=1S/C33H32FN5O3S/c1-20-15-24(26(34)18-23(20)31(40)38-11-13-39(14-12-38)32(41)42-33(2,3)4)21-5-7-27-25(16-21)28(9-10-35-27)37-22-6-8-30-29(17-22)36-19-43-30/h5-10,15-19H,11-14H2,1-4H3,(H,35,37). The summed E-state index contributed by atoms with van der Waals surface area (Å²) in [7, 11) is 0. The minimum Gasteiger partial charge on any atom is -0.444 e. The quantitative estimate of drug-likeness (QED) is 0.232. The van der Waals surface area contributed by atoms with E-state index < -0.39 is 17.5 Å². The van der Waals surface area contributed by atoms with Crippen LogP contribution < -0.4 is 5.32 Å². The maximum Gasteiger partial charge on any atom is 0.410 e. The Morgan fingerprint density at radius 3 is 2.47 bits per heavy atom. The zero-order valence-electron chi connectivity index (χ0n) is 24.5. The molecule has 1 fully saturated rings. The van der Waals surface area contributed by atoms with Crippen molar-refractivity contribution in [3.05, 3.63) is 83.2 Å². The molecule has 0 bridgehead atoms. The van der Waals surface area contributed by atoms with Crippen LogP contribution in [0.3, 0.4) is 0 Å². The van der Waals surface area contributed by atoms with Crippen molar-refractivity contribution in [2.75, 3.05) is 31.5 Å². The van der Waals surface area contributed by atoms with E-state index in [1.807, 2.05) is 75.7 Å². The number of anilines is 2. The van der Waals surface area contributed by atoms with Crippen molar-refractivity contribution in [1.82, 2.24) is 19.8 Å². The lowest BCUT2D eigenvalue weighted by Crippen LogP contribution is -2.51. The first-order valence-electron chi connectivity index (χ1n) is 14.1. The van der Waals surface area contributed by atoms with Gasteiger partial charge < -0.3 is 19.9 Å². The summed E-state index contributed by atoms with van der Waals surface area (Å²) < 4.78 is 22.2. The average Bonchev–Trinajstić information content (AvgIpc) is 3.45. The van der Waals surface area contributed by atoms with Crippen molar-refractivity contribution in [3.8, 4) is 11.1 Å². The number of hydrogen-bond acceptors (Lipinski definition) is 7.